The second-order valence-electron chi connectivity index (χ2n) is 13.8. The fraction of sp³-hybridized carbons (Fsp3) is 0.800. The number of ketones is 2. The highest BCUT2D eigenvalue weighted by Gasteiger charge is 2.71. The van der Waals surface area contributed by atoms with Crippen molar-refractivity contribution < 1.29 is 19.8 Å². The van der Waals surface area contributed by atoms with E-state index >= 15 is 0 Å². The van der Waals surface area contributed by atoms with Crippen LogP contribution in [0.15, 0.2) is 23.3 Å². The maximum Gasteiger partial charge on any atom is 0.178 e. The molecule has 4 saturated carbocycles. The molecule has 4 aliphatic rings. The van der Waals surface area contributed by atoms with Crippen LogP contribution in [0.1, 0.15) is 93.9 Å². The Labute approximate surface area is 206 Å². The minimum Gasteiger partial charge on any atom is -0.393 e. The Kier molecular flexibility index (Phi) is 6.17. The summed E-state index contributed by atoms with van der Waals surface area (Å²) in [6.45, 7) is 17.1. The van der Waals surface area contributed by atoms with Crippen molar-refractivity contribution in [1.82, 2.24) is 0 Å². The van der Waals surface area contributed by atoms with Gasteiger partial charge in [0.25, 0.3) is 0 Å². The first-order valence-electron chi connectivity index (χ1n) is 13.4. The van der Waals surface area contributed by atoms with Crippen LogP contribution >= 0.6 is 0 Å². The summed E-state index contributed by atoms with van der Waals surface area (Å²) in [5.41, 5.74) is 1.32. The zero-order valence-electron chi connectivity index (χ0n) is 22.6. The van der Waals surface area contributed by atoms with Crippen LogP contribution in [0.4, 0.5) is 0 Å². The quantitative estimate of drug-likeness (QED) is 0.522. The maximum atomic E-state index is 13.0. The van der Waals surface area contributed by atoms with Crippen molar-refractivity contribution in [2.24, 2.45) is 45.3 Å². The standard InChI is InChI=1S/C30H46O4/c1-17(2)13-19(31)14-18(3)20-9-11-29(7)21(20)15-22(32)25-28(6)16-23(33)26(34)27(4,5)24(28)10-12-30(25,29)8/h13-14,20-22,24-26,32,34H,9-12,15-16H2,1-8H3. The molecule has 2 N–H and O–H groups in total. The SMILES string of the molecule is CC(C)=CC(=O)C=C(C)C1CCC2(C)C1CC(O)C1C3(C)CC(=O)C(O)C(C)(C)C3CCC12C. The van der Waals surface area contributed by atoms with Gasteiger partial charge in [0.2, 0.25) is 0 Å². The van der Waals surface area contributed by atoms with E-state index in [9.17, 15) is 19.8 Å². The summed E-state index contributed by atoms with van der Waals surface area (Å²) in [7, 11) is 0. The summed E-state index contributed by atoms with van der Waals surface area (Å²) in [6.07, 6.45) is 7.33. The molecule has 4 rings (SSSR count). The number of allylic oxidation sites excluding steroid dienone is 4. The number of rotatable bonds is 3. The summed E-state index contributed by atoms with van der Waals surface area (Å²) < 4.78 is 0. The average Bonchev–Trinajstić information content (AvgIpc) is 3.03. The molecule has 0 bridgehead atoms. The zero-order chi connectivity index (χ0) is 25.4. The van der Waals surface area contributed by atoms with Gasteiger partial charge in [-0.2, -0.15) is 0 Å². The fourth-order valence-electron chi connectivity index (χ4n) is 9.93. The van der Waals surface area contributed by atoms with Crippen molar-refractivity contribution in [2.75, 3.05) is 0 Å². The molecule has 0 aliphatic heterocycles. The van der Waals surface area contributed by atoms with Gasteiger partial charge >= 0.3 is 0 Å². The number of aliphatic hydroxyl groups is 2. The number of hydrogen-bond acceptors (Lipinski definition) is 4. The highest BCUT2D eigenvalue weighted by molar-refractivity contribution is 6.00. The van der Waals surface area contributed by atoms with Gasteiger partial charge in [-0.15, -0.1) is 0 Å². The number of carbonyl (C=O) groups excluding carboxylic acids is 2. The van der Waals surface area contributed by atoms with E-state index in [1.54, 1.807) is 6.08 Å². The lowest BCUT2D eigenvalue weighted by molar-refractivity contribution is -0.246. The molecule has 0 amide bonds. The highest BCUT2D eigenvalue weighted by atomic mass is 16.3. The molecule has 0 aromatic heterocycles. The molecular weight excluding hydrogens is 424 g/mol. The van der Waals surface area contributed by atoms with Crippen LogP contribution in [-0.2, 0) is 9.59 Å². The molecule has 4 heteroatoms. The van der Waals surface area contributed by atoms with E-state index in [-0.39, 0.29) is 39.6 Å². The zero-order valence-corrected chi connectivity index (χ0v) is 22.6. The van der Waals surface area contributed by atoms with E-state index in [0.29, 0.717) is 18.3 Å². The molecular formula is C30H46O4. The topological polar surface area (TPSA) is 74.6 Å². The molecule has 34 heavy (non-hydrogen) atoms. The fourth-order valence-corrected chi connectivity index (χ4v) is 9.93. The lowest BCUT2D eigenvalue weighted by atomic mass is 9.35. The predicted molar refractivity (Wildman–Crippen MR) is 135 cm³/mol. The van der Waals surface area contributed by atoms with E-state index in [0.717, 1.165) is 43.3 Å². The van der Waals surface area contributed by atoms with Gasteiger partial charge in [0, 0.05) is 11.8 Å². The van der Waals surface area contributed by atoms with E-state index in [1.807, 2.05) is 33.8 Å². The van der Waals surface area contributed by atoms with Crippen molar-refractivity contribution in [1.29, 1.82) is 0 Å². The summed E-state index contributed by atoms with van der Waals surface area (Å²) in [6, 6.07) is 0. The van der Waals surface area contributed by atoms with Gasteiger partial charge in [-0.3, -0.25) is 9.59 Å². The molecule has 9 atom stereocenters. The highest BCUT2D eigenvalue weighted by Crippen LogP contribution is 2.75. The van der Waals surface area contributed by atoms with Crippen molar-refractivity contribution in [3.63, 3.8) is 0 Å². The second-order valence-corrected chi connectivity index (χ2v) is 13.8. The molecule has 0 saturated heterocycles. The van der Waals surface area contributed by atoms with Gasteiger partial charge in [0.05, 0.1) is 6.10 Å². The Bertz CT molecular complexity index is 939. The molecule has 0 radical (unpaired) electrons. The molecule has 4 nitrogen and oxygen atoms in total. The number of fused-ring (bicyclic) bond motifs is 5. The van der Waals surface area contributed by atoms with Crippen molar-refractivity contribution >= 4 is 11.6 Å². The van der Waals surface area contributed by atoms with E-state index in [2.05, 4.69) is 27.7 Å². The molecule has 0 heterocycles. The van der Waals surface area contributed by atoms with Crippen LogP contribution in [0.3, 0.4) is 0 Å². The molecule has 0 aromatic rings. The summed E-state index contributed by atoms with van der Waals surface area (Å²) >= 11 is 0. The lowest BCUT2D eigenvalue weighted by Gasteiger charge is -2.70. The Morgan fingerprint density at radius 2 is 1.56 bits per heavy atom. The third kappa shape index (κ3) is 3.45. The Morgan fingerprint density at radius 1 is 0.941 bits per heavy atom. The monoisotopic (exact) mass is 470 g/mol. The molecule has 0 aromatic carbocycles. The summed E-state index contributed by atoms with van der Waals surface area (Å²) in [4.78, 5) is 25.5. The maximum absolute atomic E-state index is 13.0. The van der Waals surface area contributed by atoms with E-state index in [4.69, 9.17) is 0 Å². The smallest absolute Gasteiger partial charge is 0.178 e. The Balaban J connectivity index is 1.72. The van der Waals surface area contributed by atoms with Gasteiger partial charge in [0.15, 0.2) is 11.6 Å². The molecule has 190 valence electrons. The number of Topliss-reactive ketones (excluding diaryl/α,β-unsaturated/α-hetero) is 1. The van der Waals surface area contributed by atoms with Crippen molar-refractivity contribution in [3.8, 4) is 0 Å². The molecule has 4 fully saturated rings. The van der Waals surface area contributed by atoms with E-state index < -0.39 is 17.6 Å². The van der Waals surface area contributed by atoms with Gasteiger partial charge in [-0.25, -0.2) is 0 Å². The number of carbonyl (C=O) groups is 2. The second kappa shape index (κ2) is 8.13. The van der Waals surface area contributed by atoms with Crippen LogP contribution in [-0.4, -0.2) is 34.0 Å². The number of aliphatic hydroxyl groups excluding tert-OH is 2. The first-order chi connectivity index (χ1) is 15.6. The molecule has 0 spiro atoms. The van der Waals surface area contributed by atoms with Crippen LogP contribution in [0, 0.1) is 45.3 Å². The molecule has 9 unspecified atom stereocenters. The van der Waals surface area contributed by atoms with Gasteiger partial charge in [-0.1, -0.05) is 45.8 Å². The van der Waals surface area contributed by atoms with Crippen molar-refractivity contribution in [3.05, 3.63) is 23.3 Å². The van der Waals surface area contributed by atoms with Crippen LogP contribution in [0.2, 0.25) is 0 Å². The van der Waals surface area contributed by atoms with Crippen LogP contribution in [0.25, 0.3) is 0 Å². The minimum atomic E-state index is -0.916. The minimum absolute atomic E-state index is 0.0334. The third-order valence-corrected chi connectivity index (χ3v) is 11.5. The largest absolute Gasteiger partial charge is 0.393 e. The first kappa shape index (κ1) is 25.8. The first-order valence-corrected chi connectivity index (χ1v) is 13.4. The van der Waals surface area contributed by atoms with Crippen molar-refractivity contribution in [2.45, 2.75) is 106 Å². The van der Waals surface area contributed by atoms with Crippen LogP contribution in [0.5, 0.6) is 0 Å². The van der Waals surface area contributed by atoms with Gasteiger partial charge < -0.3 is 10.2 Å². The third-order valence-electron chi connectivity index (χ3n) is 11.5. The van der Waals surface area contributed by atoms with E-state index in [1.165, 1.54) is 0 Å². The van der Waals surface area contributed by atoms with Gasteiger partial charge in [0.1, 0.15) is 6.10 Å². The Morgan fingerprint density at radius 3 is 2.18 bits per heavy atom. The average molecular weight is 471 g/mol. The summed E-state index contributed by atoms with van der Waals surface area (Å²) in [5, 5.41) is 22.5. The molecule has 4 aliphatic carbocycles. The normalized spacial score (nSPS) is 47.9. The van der Waals surface area contributed by atoms with Crippen LogP contribution < -0.4 is 0 Å². The predicted octanol–water partition coefficient (Wildman–Crippen LogP) is 5.66. The lowest BCUT2D eigenvalue weighted by Crippen LogP contribution is -2.68. The Hall–Kier alpha value is -1.26. The summed E-state index contributed by atoms with van der Waals surface area (Å²) in [5.74, 6) is 0.878. The number of hydrogen-bond donors (Lipinski definition) is 2. The van der Waals surface area contributed by atoms with Gasteiger partial charge in [-0.05, 0) is 105 Å².